The molecule has 1 fully saturated rings. The number of rotatable bonds is 6. The summed E-state index contributed by atoms with van der Waals surface area (Å²) in [5.74, 6) is 0.207. The Bertz CT molecular complexity index is 539. The van der Waals surface area contributed by atoms with Crippen molar-refractivity contribution in [3.05, 3.63) is 29.8 Å². The summed E-state index contributed by atoms with van der Waals surface area (Å²) >= 11 is 0. The first-order chi connectivity index (χ1) is 10.6. The molecule has 1 saturated carbocycles. The molecule has 0 aromatic heterocycles. The van der Waals surface area contributed by atoms with Crippen molar-refractivity contribution in [2.45, 2.75) is 31.8 Å². The highest BCUT2D eigenvalue weighted by Gasteiger charge is 2.27. The fourth-order valence-electron chi connectivity index (χ4n) is 2.53. The Hall–Kier alpha value is -1.79. The number of hydrogen-bond acceptors (Lipinski definition) is 5. The Morgan fingerprint density at radius 2 is 2.13 bits per heavy atom. The number of hydrogen-bond donors (Lipinski definition) is 2. The second-order valence-electron chi connectivity index (χ2n) is 5.50. The molecule has 1 aliphatic carbocycles. The van der Waals surface area contributed by atoms with Crippen molar-refractivity contribution in [3.8, 4) is 5.75 Å². The minimum Gasteiger partial charge on any atom is -0.482 e. The zero-order valence-electron chi connectivity index (χ0n) is 13.1. The van der Waals surface area contributed by atoms with Crippen molar-refractivity contribution >= 4 is 24.3 Å². The van der Waals surface area contributed by atoms with Gasteiger partial charge in [0.1, 0.15) is 5.75 Å². The van der Waals surface area contributed by atoms with Crippen LogP contribution in [0.1, 0.15) is 24.8 Å². The van der Waals surface area contributed by atoms with Gasteiger partial charge in [0.05, 0.1) is 7.11 Å². The average molecular weight is 343 g/mol. The van der Waals surface area contributed by atoms with E-state index in [0.717, 1.165) is 24.8 Å². The van der Waals surface area contributed by atoms with Gasteiger partial charge in [0.25, 0.3) is 0 Å². The first-order valence-electron chi connectivity index (χ1n) is 7.40. The van der Waals surface area contributed by atoms with Gasteiger partial charge in [-0.05, 0) is 37.0 Å². The molecule has 0 radical (unpaired) electrons. The molecule has 2 atom stereocenters. The summed E-state index contributed by atoms with van der Waals surface area (Å²) in [4.78, 5) is 23.1. The predicted octanol–water partition coefficient (Wildman–Crippen LogP) is 1.40. The summed E-state index contributed by atoms with van der Waals surface area (Å²) in [5.41, 5.74) is 6.74. The Labute approximate surface area is 142 Å². The van der Waals surface area contributed by atoms with Crippen LogP contribution in [0.15, 0.2) is 24.3 Å². The molecule has 0 saturated heterocycles. The molecule has 7 heteroatoms. The van der Waals surface area contributed by atoms with Crippen LogP contribution in [0.4, 0.5) is 0 Å². The zero-order chi connectivity index (χ0) is 15.9. The van der Waals surface area contributed by atoms with Gasteiger partial charge >= 0.3 is 5.97 Å². The lowest BCUT2D eigenvalue weighted by Gasteiger charge is -2.11. The monoisotopic (exact) mass is 342 g/mol. The summed E-state index contributed by atoms with van der Waals surface area (Å²) < 4.78 is 9.83. The van der Waals surface area contributed by atoms with Crippen LogP contribution in [-0.2, 0) is 20.9 Å². The van der Waals surface area contributed by atoms with Crippen LogP contribution in [0.2, 0.25) is 0 Å². The van der Waals surface area contributed by atoms with E-state index in [9.17, 15) is 9.59 Å². The first-order valence-corrected chi connectivity index (χ1v) is 7.40. The van der Waals surface area contributed by atoms with Crippen LogP contribution >= 0.6 is 12.4 Å². The summed E-state index contributed by atoms with van der Waals surface area (Å²) in [6.45, 7) is 0.298. The molecule has 3 N–H and O–H groups in total. The third-order valence-corrected chi connectivity index (χ3v) is 3.79. The maximum atomic E-state index is 12.0. The number of esters is 1. The van der Waals surface area contributed by atoms with Gasteiger partial charge in [-0.25, -0.2) is 4.79 Å². The molecule has 0 spiro atoms. The number of carbonyl (C=O) groups is 2. The maximum absolute atomic E-state index is 12.0. The van der Waals surface area contributed by atoms with E-state index in [1.807, 2.05) is 12.1 Å². The summed E-state index contributed by atoms with van der Waals surface area (Å²) in [6, 6.07) is 7.41. The lowest BCUT2D eigenvalue weighted by atomic mass is 10.1. The second kappa shape index (κ2) is 9.37. The van der Waals surface area contributed by atoms with Crippen LogP contribution in [0, 0.1) is 5.92 Å². The average Bonchev–Trinajstić information content (AvgIpc) is 2.97. The molecular formula is C16H23ClN2O4. The Kier molecular flexibility index (Phi) is 7.85. The third-order valence-electron chi connectivity index (χ3n) is 3.79. The lowest BCUT2D eigenvalue weighted by molar-refractivity contribution is -0.142. The van der Waals surface area contributed by atoms with Crippen LogP contribution < -0.4 is 15.8 Å². The van der Waals surface area contributed by atoms with E-state index in [-0.39, 0.29) is 36.9 Å². The molecule has 0 aliphatic heterocycles. The highest BCUT2D eigenvalue weighted by Crippen LogP contribution is 2.24. The van der Waals surface area contributed by atoms with E-state index in [2.05, 4.69) is 10.1 Å². The molecule has 2 rings (SSSR count). The van der Waals surface area contributed by atoms with E-state index in [1.54, 1.807) is 12.1 Å². The number of ether oxygens (including phenoxy) is 2. The minimum atomic E-state index is -0.434. The van der Waals surface area contributed by atoms with Crippen molar-refractivity contribution < 1.29 is 19.1 Å². The molecule has 1 aromatic rings. The Morgan fingerprint density at radius 1 is 1.35 bits per heavy atom. The van der Waals surface area contributed by atoms with Crippen molar-refractivity contribution in [1.29, 1.82) is 0 Å². The standard InChI is InChI=1S/C16H22N2O4.ClH/c1-21-15(19)10-22-14-4-2-3-11(7-14)9-18-16(20)12-5-6-13(17)8-12;/h2-4,7,12-13H,5-6,8-10,17H2,1H3,(H,18,20);1H. The van der Waals surface area contributed by atoms with Crippen molar-refractivity contribution in [3.63, 3.8) is 0 Å². The van der Waals surface area contributed by atoms with E-state index in [0.29, 0.717) is 12.3 Å². The molecule has 1 aromatic carbocycles. The molecule has 1 amide bonds. The van der Waals surface area contributed by atoms with E-state index in [1.165, 1.54) is 7.11 Å². The summed E-state index contributed by atoms with van der Waals surface area (Å²) in [7, 11) is 1.31. The molecular weight excluding hydrogens is 320 g/mol. The molecule has 0 heterocycles. The maximum Gasteiger partial charge on any atom is 0.343 e. The number of carbonyl (C=O) groups excluding carboxylic acids is 2. The highest BCUT2D eigenvalue weighted by atomic mass is 35.5. The number of nitrogens with two attached hydrogens (primary N) is 1. The predicted molar refractivity (Wildman–Crippen MR) is 88.4 cm³/mol. The number of halogens is 1. The molecule has 2 unspecified atom stereocenters. The Morgan fingerprint density at radius 3 is 2.78 bits per heavy atom. The molecule has 6 nitrogen and oxygen atoms in total. The number of amides is 1. The largest absolute Gasteiger partial charge is 0.482 e. The van der Waals surface area contributed by atoms with Gasteiger partial charge < -0.3 is 20.5 Å². The van der Waals surface area contributed by atoms with Gasteiger partial charge in [0.15, 0.2) is 6.61 Å². The SMILES string of the molecule is COC(=O)COc1cccc(CNC(=O)C2CCC(N)C2)c1.Cl. The van der Waals surface area contributed by atoms with Gasteiger partial charge in [-0.3, -0.25) is 4.79 Å². The molecule has 0 bridgehead atoms. The number of benzene rings is 1. The van der Waals surface area contributed by atoms with Gasteiger partial charge in [-0.1, -0.05) is 12.1 Å². The summed E-state index contributed by atoms with van der Waals surface area (Å²) in [6.07, 6.45) is 2.53. The van der Waals surface area contributed by atoms with Gasteiger partial charge in [0, 0.05) is 18.5 Å². The highest BCUT2D eigenvalue weighted by molar-refractivity contribution is 5.85. The Balaban J connectivity index is 0.00000264. The molecule has 128 valence electrons. The van der Waals surface area contributed by atoms with E-state index < -0.39 is 5.97 Å². The quantitative estimate of drug-likeness (QED) is 0.763. The zero-order valence-corrected chi connectivity index (χ0v) is 13.9. The molecule has 1 aliphatic rings. The molecule has 23 heavy (non-hydrogen) atoms. The van der Waals surface area contributed by atoms with Crippen molar-refractivity contribution in [1.82, 2.24) is 5.32 Å². The van der Waals surface area contributed by atoms with Crippen LogP contribution in [0.3, 0.4) is 0 Å². The van der Waals surface area contributed by atoms with Gasteiger partial charge in [0.2, 0.25) is 5.91 Å². The first kappa shape index (κ1) is 19.3. The number of methoxy groups -OCH3 is 1. The van der Waals surface area contributed by atoms with E-state index >= 15 is 0 Å². The smallest absolute Gasteiger partial charge is 0.343 e. The fraction of sp³-hybridized carbons (Fsp3) is 0.500. The third kappa shape index (κ3) is 6.08. The van der Waals surface area contributed by atoms with Crippen LogP contribution in [-0.4, -0.2) is 31.6 Å². The topological polar surface area (TPSA) is 90.6 Å². The van der Waals surface area contributed by atoms with Gasteiger partial charge in [-0.2, -0.15) is 0 Å². The van der Waals surface area contributed by atoms with Crippen LogP contribution in [0.5, 0.6) is 5.75 Å². The van der Waals surface area contributed by atoms with E-state index in [4.69, 9.17) is 10.5 Å². The summed E-state index contributed by atoms with van der Waals surface area (Å²) in [5, 5.41) is 2.92. The van der Waals surface area contributed by atoms with Crippen LogP contribution in [0.25, 0.3) is 0 Å². The van der Waals surface area contributed by atoms with Crippen molar-refractivity contribution in [2.24, 2.45) is 11.7 Å². The lowest BCUT2D eigenvalue weighted by Crippen LogP contribution is -2.30. The fourth-order valence-corrected chi connectivity index (χ4v) is 2.53. The van der Waals surface area contributed by atoms with Crippen molar-refractivity contribution in [2.75, 3.05) is 13.7 Å². The second-order valence-corrected chi connectivity index (χ2v) is 5.50. The normalized spacial score (nSPS) is 19.6. The van der Waals surface area contributed by atoms with Gasteiger partial charge in [-0.15, -0.1) is 12.4 Å². The number of nitrogens with one attached hydrogen (secondary N) is 1. The minimum absolute atomic E-state index is 0.